The lowest BCUT2D eigenvalue weighted by molar-refractivity contribution is -0.141. The Morgan fingerprint density at radius 3 is 2.55 bits per heavy atom. The van der Waals surface area contributed by atoms with E-state index in [4.69, 9.17) is 5.11 Å². The molecule has 0 aromatic heterocycles. The number of carboxylic acid groups (broad SMARTS) is 1. The molecule has 0 bridgehead atoms. The monoisotopic (exact) mass is 351 g/mol. The highest BCUT2D eigenvalue weighted by molar-refractivity contribution is 9.10. The van der Waals surface area contributed by atoms with Gasteiger partial charge in [-0.25, -0.2) is 0 Å². The largest absolute Gasteiger partial charge is 0.481 e. The fraction of sp³-hybridized carbons (Fsp3) is 0.333. The highest BCUT2D eigenvalue weighted by atomic mass is 79.9. The Bertz CT molecular complexity index is 574. The Hall–Kier alpha value is -1.57. The number of carboxylic acids is 1. The van der Waals surface area contributed by atoms with Crippen LogP contribution >= 0.6 is 15.9 Å². The highest BCUT2D eigenvalue weighted by Crippen LogP contribution is 2.38. The van der Waals surface area contributed by atoms with E-state index in [2.05, 4.69) is 15.9 Å². The van der Waals surface area contributed by atoms with E-state index in [0.717, 1.165) is 11.0 Å². The smallest absolute Gasteiger partial charge is 0.417 e. The van der Waals surface area contributed by atoms with Gasteiger partial charge >= 0.3 is 12.1 Å². The predicted molar refractivity (Wildman–Crippen MR) is 67.2 cm³/mol. The molecule has 0 radical (unpaired) electrons. The van der Waals surface area contributed by atoms with Crippen LogP contribution in [0.1, 0.15) is 12.0 Å². The molecule has 0 saturated carbocycles. The number of amides is 1. The molecule has 1 saturated heterocycles. The lowest BCUT2D eigenvalue weighted by Gasteiger charge is -2.18. The summed E-state index contributed by atoms with van der Waals surface area (Å²) >= 11 is 2.81. The van der Waals surface area contributed by atoms with E-state index in [1.54, 1.807) is 0 Å². The summed E-state index contributed by atoms with van der Waals surface area (Å²) in [6.07, 6.45) is -4.75. The van der Waals surface area contributed by atoms with Crippen molar-refractivity contribution in [3.05, 3.63) is 28.2 Å². The van der Waals surface area contributed by atoms with Gasteiger partial charge in [-0.3, -0.25) is 9.59 Å². The molecule has 1 aromatic rings. The normalized spacial score (nSPS) is 19.5. The van der Waals surface area contributed by atoms with Crippen molar-refractivity contribution in [2.45, 2.75) is 12.6 Å². The van der Waals surface area contributed by atoms with Crippen LogP contribution in [0.3, 0.4) is 0 Å². The van der Waals surface area contributed by atoms with Crippen molar-refractivity contribution in [2.75, 3.05) is 11.4 Å². The van der Waals surface area contributed by atoms with Crippen LogP contribution in [-0.2, 0) is 15.8 Å². The Morgan fingerprint density at radius 1 is 1.40 bits per heavy atom. The molecule has 4 nitrogen and oxygen atoms in total. The molecule has 1 aliphatic heterocycles. The number of rotatable bonds is 2. The zero-order valence-electron chi connectivity index (χ0n) is 9.95. The Kier molecular flexibility index (Phi) is 3.77. The van der Waals surface area contributed by atoms with Gasteiger partial charge in [0, 0.05) is 23.1 Å². The second-order valence-electron chi connectivity index (χ2n) is 4.41. The number of hydrogen-bond acceptors (Lipinski definition) is 2. The van der Waals surface area contributed by atoms with E-state index < -0.39 is 29.5 Å². The van der Waals surface area contributed by atoms with Gasteiger partial charge in [0.2, 0.25) is 5.91 Å². The second kappa shape index (κ2) is 5.08. The van der Waals surface area contributed by atoms with Crippen molar-refractivity contribution in [1.82, 2.24) is 0 Å². The summed E-state index contributed by atoms with van der Waals surface area (Å²) in [5.41, 5.74) is -0.851. The zero-order valence-corrected chi connectivity index (χ0v) is 11.5. The van der Waals surface area contributed by atoms with Crippen LogP contribution in [0.25, 0.3) is 0 Å². The predicted octanol–water partition coefficient (Wildman–Crippen LogP) is 2.91. The molecule has 108 valence electrons. The fourth-order valence-corrected chi connectivity index (χ4v) is 2.49. The lowest BCUT2D eigenvalue weighted by atomic mass is 10.1. The van der Waals surface area contributed by atoms with Crippen molar-refractivity contribution in [2.24, 2.45) is 5.92 Å². The molecule has 0 aliphatic carbocycles. The minimum absolute atomic E-state index is 0.0503. The maximum absolute atomic E-state index is 12.8. The molecule has 2 rings (SSSR count). The SMILES string of the molecule is O=C(O)C1CC(=O)N(c2ccc(Br)c(C(F)(F)F)c2)C1. The first-order chi connectivity index (χ1) is 9.20. The summed E-state index contributed by atoms with van der Waals surface area (Å²) < 4.78 is 38.2. The van der Waals surface area contributed by atoms with E-state index in [0.29, 0.717) is 0 Å². The van der Waals surface area contributed by atoms with Crippen molar-refractivity contribution in [1.29, 1.82) is 0 Å². The third kappa shape index (κ3) is 2.79. The van der Waals surface area contributed by atoms with E-state index in [9.17, 15) is 22.8 Å². The molecule has 1 atom stereocenters. The number of anilines is 1. The molecule has 1 unspecified atom stereocenters. The van der Waals surface area contributed by atoms with Gasteiger partial charge in [-0.05, 0) is 18.2 Å². The molecule has 1 N–H and O–H groups in total. The molecule has 1 fully saturated rings. The summed E-state index contributed by atoms with van der Waals surface area (Å²) in [5.74, 6) is -2.51. The van der Waals surface area contributed by atoms with Crippen molar-refractivity contribution >= 4 is 33.5 Å². The molecule has 8 heteroatoms. The third-order valence-electron chi connectivity index (χ3n) is 3.04. The van der Waals surface area contributed by atoms with Crippen LogP contribution < -0.4 is 4.90 Å². The number of benzene rings is 1. The van der Waals surface area contributed by atoms with Crippen molar-refractivity contribution in [3.8, 4) is 0 Å². The summed E-state index contributed by atoms with van der Waals surface area (Å²) in [5, 5.41) is 8.86. The van der Waals surface area contributed by atoms with Crippen molar-refractivity contribution in [3.63, 3.8) is 0 Å². The number of carbonyl (C=O) groups excluding carboxylic acids is 1. The lowest BCUT2D eigenvalue weighted by Crippen LogP contribution is -2.26. The summed E-state index contributed by atoms with van der Waals surface area (Å²) in [6.45, 7) is -0.118. The molecule has 1 amide bonds. The number of nitrogens with zero attached hydrogens (tertiary/aromatic N) is 1. The average molecular weight is 352 g/mol. The number of aliphatic carboxylic acids is 1. The minimum atomic E-state index is -4.55. The van der Waals surface area contributed by atoms with Crippen molar-refractivity contribution < 1.29 is 27.9 Å². The maximum Gasteiger partial charge on any atom is 0.417 e. The Labute approximate surface area is 120 Å². The first kappa shape index (κ1) is 14.8. The van der Waals surface area contributed by atoms with E-state index in [-0.39, 0.29) is 23.1 Å². The third-order valence-corrected chi connectivity index (χ3v) is 3.73. The van der Waals surface area contributed by atoms with Gasteiger partial charge in [0.05, 0.1) is 11.5 Å². The molecule has 20 heavy (non-hydrogen) atoms. The fourth-order valence-electron chi connectivity index (χ4n) is 2.02. The van der Waals surface area contributed by atoms with E-state index >= 15 is 0 Å². The van der Waals surface area contributed by atoms with E-state index in [1.807, 2.05) is 0 Å². The highest BCUT2D eigenvalue weighted by Gasteiger charge is 2.37. The average Bonchev–Trinajstić information content (AvgIpc) is 2.71. The summed E-state index contributed by atoms with van der Waals surface area (Å²) in [6, 6.07) is 3.38. The molecule has 1 aliphatic rings. The summed E-state index contributed by atoms with van der Waals surface area (Å²) in [4.78, 5) is 23.6. The minimum Gasteiger partial charge on any atom is -0.481 e. The van der Waals surface area contributed by atoms with Gasteiger partial charge in [0.1, 0.15) is 0 Å². The number of halogens is 4. The molecule has 1 heterocycles. The van der Waals surface area contributed by atoms with Gasteiger partial charge in [-0.15, -0.1) is 0 Å². The van der Waals surface area contributed by atoms with Crippen LogP contribution in [0.2, 0.25) is 0 Å². The van der Waals surface area contributed by atoms with Crippen LogP contribution in [0.15, 0.2) is 22.7 Å². The first-order valence-corrected chi connectivity index (χ1v) is 6.39. The topological polar surface area (TPSA) is 57.6 Å². The zero-order chi connectivity index (χ0) is 15.1. The van der Waals surface area contributed by atoms with Crippen LogP contribution in [0.5, 0.6) is 0 Å². The summed E-state index contributed by atoms with van der Waals surface area (Å²) in [7, 11) is 0. The molecule has 1 aromatic carbocycles. The van der Waals surface area contributed by atoms with Crippen LogP contribution in [-0.4, -0.2) is 23.5 Å². The molecular weight excluding hydrogens is 343 g/mol. The maximum atomic E-state index is 12.8. The molecular formula is C12H9BrF3NO3. The van der Waals surface area contributed by atoms with Gasteiger partial charge in [-0.1, -0.05) is 15.9 Å². The van der Waals surface area contributed by atoms with Gasteiger partial charge in [-0.2, -0.15) is 13.2 Å². The second-order valence-corrected chi connectivity index (χ2v) is 5.26. The number of alkyl halides is 3. The Morgan fingerprint density at radius 2 is 2.05 bits per heavy atom. The quantitative estimate of drug-likeness (QED) is 0.891. The van der Waals surface area contributed by atoms with Gasteiger partial charge in [0.15, 0.2) is 0 Å². The van der Waals surface area contributed by atoms with E-state index in [1.165, 1.54) is 12.1 Å². The van der Waals surface area contributed by atoms with Crippen LogP contribution in [0, 0.1) is 5.92 Å². The van der Waals surface area contributed by atoms with Gasteiger partial charge < -0.3 is 10.0 Å². The molecule has 0 spiro atoms. The number of carbonyl (C=O) groups is 2. The first-order valence-electron chi connectivity index (χ1n) is 5.60. The van der Waals surface area contributed by atoms with Gasteiger partial charge in [0.25, 0.3) is 0 Å². The standard InChI is InChI=1S/C12H9BrF3NO3/c13-9-2-1-7(4-8(9)12(14,15)16)17-5-6(11(19)20)3-10(17)18/h1-2,4,6H,3,5H2,(H,19,20). The number of hydrogen-bond donors (Lipinski definition) is 1. The van der Waals surface area contributed by atoms with Crippen LogP contribution in [0.4, 0.5) is 18.9 Å². The Balaban J connectivity index is 2.35.